The molecule has 0 bridgehead atoms. The van der Waals surface area contributed by atoms with Gasteiger partial charge in [0.1, 0.15) is 5.75 Å². The fraction of sp³-hybridized carbons (Fsp3) is 0.391. The number of carbonyl (C=O) groups is 2. The van der Waals surface area contributed by atoms with Crippen molar-refractivity contribution in [3.63, 3.8) is 0 Å². The van der Waals surface area contributed by atoms with Crippen molar-refractivity contribution < 1.29 is 19.1 Å². The standard InChI is InChI=1S/C23H29NO4/c1-6-20(28-19-14-10-17(11-15-19)23(3,4)5)21(25)24-18-12-8-16(9-13-18)22(26)27-7-2/h8-15,20H,6-7H2,1-5H3,(H,24,25)/t20-/m0/s1. The summed E-state index contributed by atoms with van der Waals surface area (Å²) in [6.07, 6.45) is -0.0708. The summed E-state index contributed by atoms with van der Waals surface area (Å²) >= 11 is 0. The van der Waals surface area contributed by atoms with Gasteiger partial charge in [-0.05, 0) is 60.7 Å². The number of esters is 1. The number of nitrogens with one attached hydrogen (secondary N) is 1. The molecule has 5 heteroatoms. The second-order valence-electron chi connectivity index (χ2n) is 7.58. The van der Waals surface area contributed by atoms with E-state index in [2.05, 4.69) is 26.1 Å². The van der Waals surface area contributed by atoms with Gasteiger partial charge < -0.3 is 14.8 Å². The third-order valence-electron chi connectivity index (χ3n) is 4.33. The average Bonchev–Trinajstić information content (AvgIpc) is 2.66. The zero-order valence-electron chi connectivity index (χ0n) is 17.2. The summed E-state index contributed by atoms with van der Waals surface area (Å²) in [5, 5.41) is 2.83. The number of hydrogen-bond donors (Lipinski definition) is 1. The molecule has 0 aliphatic carbocycles. The maximum atomic E-state index is 12.6. The van der Waals surface area contributed by atoms with E-state index >= 15 is 0 Å². The minimum atomic E-state index is -0.606. The van der Waals surface area contributed by atoms with Crippen LogP contribution in [0, 0.1) is 0 Å². The van der Waals surface area contributed by atoms with Gasteiger partial charge in [0.15, 0.2) is 6.10 Å². The Bertz CT molecular complexity index is 789. The Morgan fingerprint density at radius 1 is 0.964 bits per heavy atom. The molecular formula is C23H29NO4. The van der Waals surface area contributed by atoms with Gasteiger partial charge in [0, 0.05) is 5.69 Å². The van der Waals surface area contributed by atoms with E-state index in [1.807, 2.05) is 31.2 Å². The molecule has 1 amide bonds. The van der Waals surface area contributed by atoms with Crippen molar-refractivity contribution in [2.75, 3.05) is 11.9 Å². The lowest BCUT2D eigenvalue weighted by Crippen LogP contribution is -2.32. The molecule has 2 aromatic rings. The highest BCUT2D eigenvalue weighted by Crippen LogP contribution is 2.25. The van der Waals surface area contributed by atoms with Crippen molar-refractivity contribution in [1.29, 1.82) is 0 Å². The van der Waals surface area contributed by atoms with E-state index in [1.54, 1.807) is 31.2 Å². The van der Waals surface area contributed by atoms with Crippen LogP contribution >= 0.6 is 0 Å². The third-order valence-corrected chi connectivity index (χ3v) is 4.33. The van der Waals surface area contributed by atoms with Crippen LogP contribution in [0.25, 0.3) is 0 Å². The van der Waals surface area contributed by atoms with E-state index in [-0.39, 0.29) is 17.3 Å². The average molecular weight is 383 g/mol. The number of rotatable bonds is 7. The molecule has 5 nitrogen and oxygen atoms in total. The van der Waals surface area contributed by atoms with Crippen LogP contribution in [0.3, 0.4) is 0 Å². The van der Waals surface area contributed by atoms with Crippen molar-refractivity contribution in [2.24, 2.45) is 0 Å². The molecule has 1 N–H and O–H groups in total. The van der Waals surface area contributed by atoms with Gasteiger partial charge in [-0.25, -0.2) is 4.79 Å². The van der Waals surface area contributed by atoms with Crippen molar-refractivity contribution in [1.82, 2.24) is 0 Å². The van der Waals surface area contributed by atoms with E-state index in [4.69, 9.17) is 9.47 Å². The summed E-state index contributed by atoms with van der Waals surface area (Å²) in [5.74, 6) is 0.0489. The quantitative estimate of drug-likeness (QED) is 0.687. The number of ether oxygens (including phenoxy) is 2. The first-order chi connectivity index (χ1) is 13.2. The Labute approximate surface area is 167 Å². The first-order valence-electron chi connectivity index (χ1n) is 9.59. The van der Waals surface area contributed by atoms with E-state index in [0.29, 0.717) is 30.0 Å². The smallest absolute Gasteiger partial charge is 0.338 e. The van der Waals surface area contributed by atoms with Crippen LogP contribution < -0.4 is 10.1 Å². The molecule has 150 valence electrons. The lowest BCUT2D eigenvalue weighted by atomic mass is 9.87. The summed E-state index contributed by atoms with van der Waals surface area (Å²) in [6, 6.07) is 14.4. The molecule has 0 aromatic heterocycles. The van der Waals surface area contributed by atoms with Gasteiger partial charge in [0.25, 0.3) is 5.91 Å². The van der Waals surface area contributed by atoms with Crippen molar-refractivity contribution >= 4 is 17.6 Å². The number of hydrogen-bond acceptors (Lipinski definition) is 4. The molecule has 0 aliphatic heterocycles. The van der Waals surface area contributed by atoms with Gasteiger partial charge in [0.05, 0.1) is 12.2 Å². The van der Waals surface area contributed by atoms with Crippen LogP contribution in [-0.2, 0) is 14.9 Å². The molecule has 0 radical (unpaired) electrons. The van der Waals surface area contributed by atoms with E-state index < -0.39 is 6.10 Å². The molecule has 2 aromatic carbocycles. The second kappa shape index (κ2) is 9.40. The highest BCUT2D eigenvalue weighted by Gasteiger charge is 2.19. The van der Waals surface area contributed by atoms with Gasteiger partial charge in [-0.1, -0.05) is 39.8 Å². The first-order valence-corrected chi connectivity index (χ1v) is 9.59. The molecule has 0 heterocycles. The lowest BCUT2D eigenvalue weighted by Gasteiger charge is -2.21. The summed E-state index contributed by atoms with van der Waals surface area (Å²) in [6.45, 7) is 10.4. The van der Waals surface area contributed by atoms with Crippen LogP contribution in [0.2, 0.25) is 0 Å². The molecular weight excluding hydrogens is 354 g/mol. The van der Waals surface area contributed by atoms with E-state index in [9.17, 15) is 9.59 Å². The fourth-order valence-electron chi connectivity index (χ4n) is 2.65. The largest absolute Gasteiger partial charge is 0.481 e. The predicted molar refractivity (Wildman–Crippen MR) is 111 cm³/mol. The summed E-state index contributed by atoms with van der Waals surface area (Å²) in [5.41, 5.74) is 2.32. The van der Waals surface area contributed by atoms with Crippen molar-refractivity contribution in [2.45, 2.75) is 52.6 Å². The molecule has 0 saturated heterocycles. The topological polar surface area (TPSA) is 64.6 Å². The van der Waals surface area contributed by atoms with Crippen LogP contribution in [0.5, 0.6) is 5.75 Å². The van der Waals surface area contributed by atoms with Gasteiger partial charge in [-0.15, -0.1) is 0 Å². The molecule has 28 heavy (non-hydrogen) atoms. The Balaban J connectivity index is 2.00. The summed E-state index contributed by atoms with van der Waals surface area (Å²) < 4.78 is 10.8. The van der Waals surface area contributed by atoms with E-state index in [0.717, 1.165) is 0 Å². The Hall–Kier alpha value is -2.82. The normalized spacial score (nSPS) is 12.2. The molecule has 0 unspecified atom stereocenters. The van der Waals surface area contributed by atoms with Crippen molar-refractivity contribution in [3.8, 4) is 5.75 Å². The minimum absolute atomic E-state index is 0.0653. The second-order valence-corrected chi connectivity index (χ2v) is 7.58. The highest BCUT2D eigenvalue weighted by molar-refractivity contribution is 5.95. The third kappa shape index (κ3) is 5.84. The zero-order chi connectivity index (χ0) is 20.7. The summed E-state index contributed by atoms with van der Waals surface area (Å²) in [4.78, 5) is 24.3. The molecule has 1 atom stereocenters. The van der Waals surface area contributed by atoms with E-state index in [1.165, 1.54) is 5.56 Å². The summed E-state index contributed by atoms with van der Waals surface area (Å²) in [7, 11) is 0. The first kappa shape index (κ1) is 21.5. The van der Waals surface area contributed by atoms with Gasteiger partial charge >= 0.3 is 5.97 Å². The Morgan fingerprint density at radius 3 is 2.07 bits per heavy atom. The van der Waals surface area contributed by atoms with Gasteiger partial charge in [-0.3, -0.25) is 4.79 Å². The number of anilines is 1. The lowest BCUT2D eigenvalue weighted by molar-refractivity contribution is -0.122. The van der Waals surface area contributed by atoms with Crippen molar-refractivity contribution in [3.05, 3.63) is 59.7 Å². The minimum Gasteiger partial charge on any atom is -0.481 e. The molecule has 0 spiro atoms. The monoisotopic (exact) mass is 383 g/mol. The van der Waals surface area contributed by atoms with Crippen LogP contribution in [0.15, 0.2) is 48.5 Å². The molecule has 0 aliphatic rings. The highest BCUT2D eigenvalue weighted by atomic mass is 16.5. The zero-order valence-corrected chi connectivity index (χ0v) is 17.2. The number of amides is 1. The number of carbonyl (C=O) groups excluding carboxylic acids is 2. The predicted octanol–water partition coefficient (Wildman–Crippen LogP) is 4.96. The maximum absolute atomic E-state index is 12.6. The Kier molecular flexibility index (Phi) is 7.21. The SMILES string of the molecule is CCOC(=O)c1ccc(NC(=O)[C@H](CC)Oc2ccc(C(C)(C)C)cc2)cc1. The van der Waals surface area contributed by atoms with Crippen LogP contribution in [0.1, 0.15) is 57.0 Å². The molecule has 0 saturated carbocycles. The fourth-order valence-corrected chi connectivity index (χ4v) is 2.65. The van der Waals surface area contributed by atoms with Crippen LogP contribution in [-0.4, -0.2) is 24.6 Å². The maximum Gasteiger partial charge on any atom is 0.338 e. The van der Waals surface area contributed by atoms with Gasteiger partial charge in [-0.2, -0.15) is 0 Å². The number of benzene rings is 2. The molecule has 0 fully saturated rings. The van der Waals surface area contributed by atoms with Gasteiger partial charge in [0.2, 0.25) is 0 Å². The molecule has 2 rings (SSSR count). The van der Waals surface area contributed by atoms with Crippen LogP contribution in [0.4, 0.5) is 5.69 Å². The Morgan fingerprint density at radius 2 is 1.57 bits per heavy atom.